The quantitative estimate of drug-likeness (QED) is 0.819. The summed E-state index contributed by atoms with van der Waals surface area (Å²) in [7, 11) is 0. The van der Waals surface area contributed by atoms with Gasteiger partial charge in [-0.15, -0.1) is 11.6 Å². The zero-order valence-corrected chi connectivity index (χ0v) is 13.8. The van der Waals surface area contributed by atoms with E-state index in [2.05, 4.69) is 24.1 Å². The van der Waals surface area contributed by atoms with E-state index in [9.17, 15) is 4.79 Å². The van der Waals surface area contributed by atoms with Crippen molar-refractivity contribution in [3.8, 4) is 0 Å². The smallest absolute Gasteiger partial charge is 0.293 e. The average molecular weight is 312 g/mol. The van der Waals surface area contributed by atoms with Crippen molar-refractivity contribution >= 4 is 17.4 Å². The van der Waals surface area contributed by atoms with Gasteiger partial charge in [0.25, 0.3) is 5.56 Å². The molecule has 2 unspecified atom stereocenters. The van der Waals surface area contributed by atoms with Crippen molar-refractivity contribution in [1.29, 1.82) is 0 Å². The molecular formula is C16H26ClN3O. The Morgan fingerprint density at radius 1 is 1.38 bits per heavy atom. The number of alkyl halides is 1. The van der Waals surface area contributed by atoms with Crippen LogP contribution < -0.4 is 10.9 Å². The number of anilines is 1. The Morgan fingerprint density at radius 2 is 2.10 bits per heavy atom. The van der Waals surface area contributed by atoms with Crippen molar-refractivity contribution in [3.05, 3.63) is 22.7 Å². The molecule has 1 aliphatic rings. The van der Waals surface area contributed by atoms with Crippen molar-refractivity contribution in [2.45, 2.75) is 46.1 Å². The van der Waals surface area contributed by atoms with Gasteiger partial charge in [-0.1, -0.05) is 26.7 Å². The molecule has 1 aromatic heterocycles. The van der Waals surface area contributed by atoms with Crippen molar-refractivity contribution in [2.75, 3.05) is 17.7 Å². The molecule has 1 fully saturated rings. The maximum atomic E-state index is 12.3. The topological polar surface area (TPSA) is 46.9 Å². The number of nitrogens with zero attached hydrogens (tertiary/aromatic N) is 2. The van der Waals surface area contributed by atoms with E-state index >= 15 is 0 Å². The zero-order chi connectivity index (χ0) is 15.2. The first kappa shape index (κ1) is 16.3. The summed E-state index contributed by atoms with van der Waals surface area (Å²) >= 11 is 6.06. The van der Waals surface area contributed by atoms with E-state index in [-0.39, 0.29) is 5.56 Å². The normalized spacial score (nSPS) is 22.5. The van der Waals surface area contributed by atoms with Gasteiger partial charge in [-0.05, 0) is 30.6 Å². The van der Waals surface area contributed by atoms with Crippen LogP contribution in [0.5, 0.6) is 0 Å². The molecule has 1 aliphatic carbocycles. The fourth-order valence-electron chi connectivity index (χ4n) is 3.09. The summed E-state index contributed by atoms with van der Waals surface area (Å²) in [5.74, 6) is 2.74. The SMILES string of the molecule is CC(C)Cn1ccnc(NCC2CCCCC2CCl)c1=O. The Balaban J connectivity index is 2.01. The summed E-state index contributed by atoms with van der Waals surface area (Å²) in [6, 6.07) is 0. The lowest BCUT2D eigenvalue weighted by atomic mass is 9.80. The first-order valence-electron chi connectivity index (χ1n) is 7.97. The van der Waals surface area contributed by atoms with E-state index in [4.69, 9.17) is 11.6 Å². The van der Waals surface area contributed by atoms with Crippen molar-refractivity contribution < 1.29 is 0 Å². The Labute approximate surface area is 131 Å². The van der Waals surface area contributed by atoms with E-state index in [1.54, 1.807) is 17.0 Å². The molecule has 4 nitrogen and oxygen atoms in total. The Morgan fingerprint density at radius 3 is 2.76 bits per heavy atom. The van der Waals surface area contributed by atoms with Crippen LogP contribution in [0.4, 0.5) is 5.82 Å². The second-order valence-electron chi connectivity index (χ2n) is 6.47. The van der Waals surface area contributed by atoms with Gasteiger partial charge in [0.15, 0.2) is 5.82 Å². The molecule has 0 saturated heterocycles. The van der Waals surface area contributed by atoms with Crippen molar-refractivity contribution in [2.24, 2.45) is 17.8 Å². The second-order valence-corrected chi connectivity index (χ2v) is 6.78. The van der Waals surface area contributed by atoms with Crippen LogP contribution in [0.3, 0.4) is 0 Å². The molecule has 0 bridgehead atoms. The van der Waals surface area contributed by atoms with Crippen LogP contribution in [0.1, 0.15) is 39.5 Å². The van der Waals surface area contributed by atoms with Crippen LogP contribution in [0.15, 0.2) is 17.2 Å². The number of rotatable bonds is 6. The van der Waals surface area contributed by atoms with Gasteiger partial charge in [-0.25, -0.2) is 4.98 Å². The standard InChI is InChI=1S/C16H26ClN3O/c1-12(2)11-20-8-7-18-15(16(20)21)19-10-14-6-4-3-5-13(14)9-17/h7-8,12-14H,3-6,9-11H2,1-2H3,(H,18,19). The molecule has 1 aromatic rings. The minimum absolute atomic E-state index is 0.0237. The fourth-order valence-corrected chi connectivity index (χ4v) is 3.50. The van der Waals surface area contributed by atoms with E-state index in [1.807, 2.05) is 0 Å². The van der Waals surface area contributed by atoms with Crippen LogP contribution in [0.2, 0.25) is 0 Å². The lowest BCUT2D eigenvalue weighted by molar-refractivity contribution is 0.271. The lowest BCUT2D eigenvalue weighted by Gasteiger charge is -2.30. The summed E-state index contributed by atoms with van der Waals surface area (Å²) in [5.41, 5.74) is -0.0237. The number of hydrogen-bond donors (Lipinski definition) is 1. The third-order valence-corrected chi connectivity index (χ3v) is 4.67. The van der Waals surface area contributed by atoms with Gasteiger partial charge in [0.05, 0.1) is 0 Å². The van der Waals surface area contributed by atoms with Crippen LogP contribution in [-0.2, 0) is 6.54 Å². The second kappa shape index (κ2) is 7.83. The highest BCUT2D eigenvalue weighted by atomic mass is 35.5. The Bertz CT molecular complexity index is 501. The Kier molecular flexibility index (Phi) is 6.09. The summed E-state index contributed by atoms with van der Waals surface area (Å²) in [5, 5.41) is 3.26. The average Bonchev–Trinajstić information content (AvgIpc) is 2.48. The molecule has 1 N–H and O–H groups in total. The highest BCUT2D eigenvalue weighted by Gasteiger charge is 2.24. The first-order chi connectivity index (χ1) is 10.1. The largest absolute Gasteiger partial charge is 0.365 e. The van der Waals surface area contributed by atoms with E-state index < -0.39 is 0 Å². The highest BCUT2D eigenvalue weighted by Crippen LogP contribution is 2.30. The molecule has 21 heavy (non-hydrogen) atoms. The van der Waals surface area contributed by atoms with Gasteiger partial charge >= 0.3 is 0 Å². The van der Waals surface area contributed by atoms with Crippen LogP contribution in [-0.4, -0.2) is 22.0 Å². The molecule has 0 aromatic carbocycles. The molecule has 0 spiro atoms. The lowest BCUT2D eigenvalue weighted by Crippen LogP contribution is -2.31. The van der Waals surface area contributed by atoms with Crippen LogP contribution in [0.25, 0.3) is 0 Å². The molecular weight excluding hydrogens is 286 g/mol. The van der Waals surface area contributed by atoms with E-state index in [0.717, 1.165) is 13.1 Å². The van der Waals surface area contributed by atoms with Gasteiger partial charge in [0, 0.05) is 31.4 Å². The molecule has 1 heterocycles. The summed E-state index contributed by atoms with van der Waals surface area (Å²) in [4.78, 5) is 16.5. The summed E-state index contributed by atoms with van der Waals surface area (Å²) in [6.45, 7) is 5.73. The minimum atomic E-state index is -0.0237. The van der Waals surface area contributed by atoms with E-state index in [0.29, 0.717) is 29.5 Å². The van der Waals surface area contributed by atoms with Crippen LogP contribution in [0, 0.1) is 17.8 Å². The van der Waals surface area contributed by atoms with Gasteiger partial charge in [0.2, 0.25) is 0 Å². The molecule has 1 saturated carbocycles. The first-order valence-corrected chi connectivity index (χ1v) is 8.50. The third kappa shape index (κ3) is 4.47. The summed E-state index contributed by atoms with van der Waals surface area (Å²) in [6.07, 6.45) is 8.40. The molecule has 118 valence electrons. The van der Waals surface area contributed by atoms with Gasteiger partial charge < -0.3 is 9.88 Å². The number of aromatic nitrogens is 2. The van der Waals surface area contributed by atoms with Crippen molar-refractivity contribution in [3.63, 3.8) is 0 Å². The predicted molar refractivity (Wildman–Crippen MR) is 88.0 cm³/mol. The van der Waals surface area contributed by atoms with Crippen molar-refractivity contribution in [1.82, 2.24) is 9.55 Å². The molecule has 2 rings (SSSR count). The predicted octanol–water partition coefficient (Wildman–Crippen LogP) is 3.36. The van der Waals surface area contributed by atoms with E-state index in [1.165, 1.54) is 25.7 Å². The molecule has 0 aliphatic heterocycles. The molecule has 5 heteroatoms. The summed E-state index contributed by atoms with van der Waals surface area (Å²) < 4.78 is 1.74. The fraction of sp³-hybridized carbons (Fsp3) is 0.750. The number of halogens is 1. The molecule has 2 atom stereocenters. The minimum Gasteiger partial charge on any atom is -0.365 e. The maximum Gasteiger partial charge on any atom is 0.293 e. The molecule has 0 radical (unpaired) electrons. The Hall–Kier alpha value is -1.03. The highest BCUT2D eigenvalue weighted by molar-refractivity contribution is 6.18. The van der Waals surface area contributed by atoms with Gasteiger partial charge in [0.1, 0.15) is 0 Å². The molecule has 0 amide bonds. The maximum absolute atomic E-state index is 12.3. The monoisotopic (exact) mass is 311 g/mol. The zero-order valence-electron chi connectivity index (χ0n) is 13.0. The van der Waals surface area contributed by atoms with Crippen LogP contribution >= 0.6 is 11.6 Å². The third-order valence-electron chi connectivity index (χ3n) is 4.27. The number of hydrogen-bond acceptors (Lipinski definition) is 3. The van der Waals surface area contributed by atoms with Gasteiger partial charge in [-0.3, -0.25) is 4.79 Å². The number of nitrogens with one attached hydrogen (secondary N) is 1. The van der Waals surface area contributed by atoms with Gasteiger partial charge in [-0.2, -0.15) is 0 Å².